The minimum atomic E-state index is -3.87. The summed E-state index contributed by atoms with van der Waals surface area (Å²) in [5.74, 6) is 0.0846. The van der Waals surface area contributed by atoms with Crippen LogP contribution in [0.1, 0.15) is 25.7 Å². The zero-order valence-electron chi connectivity index (χ0n) is 18.5. The van der Waals surface area contributed by atoms with Gasteiger partial charge in [-0.05, 0) is 55.9 Å². The van der Waals surface area contributed by atoms with Gasteiger partial charge in [0.2, 0.25) is 15.9 Å². The Kier molecular flexibility index (Phi) is 5.83. The van der Waals surface area contributed by atoms with E-state index in [-0.39, 0.29) is 35.9 Å². The summed E-state index contributed by atoms with van der Waals surface area (Å²) in [6, 6.07) is 5.22. The largest absolute Gasteiger partial charge is 0.441 e. The van der Waals surface area contributed by atoms with Crippen molar-refractivity contribution >= 4 is 33.6 Å². The number of nitrogens with zero attached hydrogens (tertiary/aromatic N) is 3. The van der Waals surface area contributed by atoms with Crippen molar-refractivity contribution in [3.8, 4) is 0 Å². The van der Waals surface area contributed by atoms with Gasteiger partial charge in [0.25, 0.3) is 0 Å². The molecular weight excluding hydrogens is 470 g/mol. The molecule has 2 heterocycles. The van der Waals surface area contributed by atoms with Crippen LogP contribution < -0.4 is 0 Å². The first-order valence-corrected chi connectivity index (χ1v) is 13.1. The number of carbonyl (C=O) groups excluding carboxylic acids is 2. The van der Waals surface area contributed by atoms with Gasteiger partial charge >= 0.3 is 6.09 Å². The second-order valence-electron chi connectivity index (χ2n) is 9.42. The molecule has 1 aromatic carbocycles. The summed E-state index contributed by atoms with van der Waals surface area (Å²) in [5.41, 5.74) is -0.948. The molecule has 33 heavy (non-hydrogen) atoms. The van der Waals surface area contributed by atoms with Crippen LogP contribution in [0.5, 0.6) is 0 Å². The van der Waals surface area contributed by atoms with Crippen LogP contribution in [0.3, 0.4) is 0 Å². The lowest BCUT2D eigenvalue weighted by Gasteiger charge is -2.44. The molecule has 0 aromatic heterocycles. The van der Waals surface area contributed by atoms with Gasteiger partial charge in [-0.15, -0.1) is 0 Å². The number of hydrogen-bond donors (Lipinski definition) is 0. The third kappa shape index (κ3) is 4.34. The molecule has 2 aliphatic heterocycles. The van der Waals surface area contributed by atoms with Crippen molar-refractivity contribution in [2.24, 2.45) is 5.92 Å². The van der Waals surface area contributed by atoms with Crippen molar-refractivity contribution in [2.75, 3.05) is 39.9 Å². The van der Waals surface area contributed by atoms with Crippen molar-refractivity contribution < 1.29 is 27.5 Å². The molecular formula is C22H28ClN3O6S. The molecule has 0 N–H and O–H groups in total. The van der Waals surface area contributed by atoms with Gasteiger partial charge in [-0.1, -0.05) is 11.6 Å². The lowest BCUT2D eigenvalue weighted by molar-refractivity contribution is -0.134. The molecule has 0 unspecified atom stereocenters. The average molecular weight is 498 g/mol. The smallest absolute Gasteiger partial charge is 0.410 e. The van der Waals surface area contributed by atoms with E-state index in [1.54, 1.807) is 28.4 Å². The fourth-order valence-electron chi connectivity index (χ4n) is 4.74. The summed E-state index contributed by atoms with van der Waals surface area (Å²) < 4.78 is 41.0. The molecule has 2 saturated heterocycles. The molecule has 2 aliphatic carbocycles. The van der Waals surface area contributed by atoms with Gasteiger partial charge < -0.3 is 14.4 Å². The molecule has 5 rings (SSSR count). The predicted molar refractivity (Wildman–Crippen MR) is 119 cm³/mol. The van der Waals surface area contributed by atoms with Crippen LogP contribution in [0.25, 0.3) is 0 Å². The van der Waals surface area contributed by atoms with E-state index in [4.69, 9.17) is 21.1 Å². The monoisotopic (exact) mass is 497 g/mol. The highest BCUT2D eigenvalue weighted by atomic mass is 35.5. The third-order valence-corrected chi connectivity index (χ3v) is 9.31. The minimum Gasteiger partial charge on any atom is -0.441 e. The summed E-state index contributed by atoms with van der Waals surface area (Å²) in [4.78, 5) is 28.1. The Hall–Kier alpha value is -1.88. The maximum Gasteiger partial charge on any atom is 0.410 e. The highest BCUT2D eigenvalue weighted by Gasteiger charge is 2.61. The molecule has 2 amide bonds. The zero-order chi connectivity index (χ0) is 23.4. The van der Waals surface area contributed by atoms with Gasteiger partial charge in [0.15, 0.2) is 0 Å². The van der Waals surface area contributed by atoms with Gasteiger partial charge in [0.1, 0.15) is 12.1 Å². The van der Waals surface area contributed by atoms with Gasteiger partial charge in [0, 0.05) is 25.2 Å². The van der Waals surface area contributed by atoms with E-state index in [0.717, 1.165) is 12.8 Å². The Labute approximate surface area is 198 Å². The van der Waals surface area contributed by atoms with E-state index in [1.165, 1.54) is 17.0 Å². The molecule has 1 aromatic rings. The van der Waals surface area contributed by atoms with Crippen LogP contribution >= 0.6 is 11.6 Å². The van der Waals surface area contributed by atoms with E-state index in [2.05, 4.69) is 0 Å². The summed E-state index contributed by atoms with van der Waals surface area (Å²) in [7, 11) is -2.17. The van der Waals surface area contributed by atoms with E-state index < -0.39 is 27.8 Å². The molecule has 0 radical (unpaired) electrons. The molecule has 11 heteroatoms. The Balaban J connectivity index is 1.42. The fraction of sp³-hybridized carbons (Fsp3) is 0.636. The minimum absolute atomic E-state index is 0.0376. The Bertz CT molecular complexity index is 1040. The van der Waals surface area contributed by atoms with Crippen LogP contribution in [-0.2, 0) is 24.3 Å². The highest BCUT2D eigenvalue weighted by molar-refractivity contribution is 7.89. The van der Waals surface area contributed by atoms with Crippen LogP contribution in [0.4, 0.5) is 4.79 Å². The number of amides is 2. The summed E-state index contributed by atoms with van der Waals surface area (Å²) in [5, 5.41) is 0.459. The SMILES string of the molecule is CN1CCN(C(=O)OC2([C@H]3COC[C@@H](C4CC4)N3S(=O)(=O)c3ccc(Cl)cc3)CC2)CC1=O. The lowest BCUT2D eigenvalue weighted by Crippen LogP contribution is -2.62. The van der Waals surface area contributed by atoms with Crippen molar-refractivity contribution in [2.45, 2.75) is 48.3 Å². The number of benzene rings is 1. The van der Waals surface area contributed by atoms with Crippen molar-refractivity contribution in [1.82, 2.24) is 14.1 Å². The first-order chi connectivity index (χ1) is 15.7. The van der Waals surface area contributed by atoms with Crippen molar-refractivity contribution in [3.05, 3.63) is 29.3 Å². The van der Waals surface area contributed by atoms with Gasteiger partial charge in [-0.25, -0.2) is 13.2 Å². The van der Waals surface area contributed by atoms with E-state index in [9.17, 15) is 18.0 Å². The topological polar surface area (TPSA) is 96.5 Å². The lowest BCUT2D eigenvalue weighted by atomic mass is 10.0. The highest BCUT2D eigenvalue weighted by Crippen LogP contribution is 2.50. The first kappa shape index (κ1) is 22.9. The van der Waals surface area contributed by atoms with Crippen LogP contribution in [-0.4, -0.2) is 92.1 Å². The maximum atomic E-state index is 13.8. The number of likely N-dealkylation sites (N-methyl/N-ethyl adjacent to an activating group) is 1. The first-order valence-electron chi connectivity index (χ1n) is 11.3. The van der Waals surface area contributed by atoms with Gasteiger partial charge in [-0.2, -0.15) is 4.31 Å². The number of morpholine rings is 1. The van der Waals surface area contributed by atoms with Gasteiger partial charge in [-0.3, -0.25) is 9.69 Å². The predicted octanol–water partition coefficient (Wildman–Crippen LogP) is 1.95. The summed E-state index contributed by atoms with van der Waals surface area (Å²) in [6.07, 6.45) is 2.43. The van der Waals surface area contributed by atoms with Crippen LogP contribution in [0, 0.1) is 5.92 Å². The van der Waals surface area contributed by atoms with Crippen molar-refractivity contribution in [3.63, 3.8) is 0 Å². The number of carbonyl (C=O) groups is 2. The Morgan fingerprint density at radius 3 is 2.45 bits per heavy atom. The van der Waals surface area contributed by atoms with E-state index in [0.29, 0.717) is 37.6 Å². The average Bonchev–Trinajstić information content (AvgIpc) is 3.71. The second-order valence-corrected chi connectivity index (χ2v) is 11.7. The standard InChI is InChI=1S/C22H28ClN3O6S/c1-24-10-11-25(12-20(24)27)21(28)32-22(8-9-22)19-14-31-13-18(15-2-3-15)26(19)33(29,30)17-6-4-16(23)5-7-17/h4-7,15,18-19H,2-3,8-14H2,1H3/t18-,19+/m0/s1. The number of rotatable bonds is 5. The summed E-state index contributed by atoms with van der Waals surface area (Å²) >= 11 is 5.98. The zero-order valence-corrected chi connectivity index (χ0v) is 20.1. The number of piperazine rings is 1. The van der Waals surface area contributed by atoms with Crippen LogP contribution in [0.2, 0.25) is 5.02 Å². The molecule has 2 atom stereocenters. The Morgan fingerprint density at radius 2 is 1.85 bits per heavy atom. The molecule has 4 fully saturated rings. The van der Waals surface area contributed by atoms with Crippen LogP contribution in [0.15, 0.2) is 29.2 Å². The molecule has 4 aliphatic rings. The normalized spacial score (nSPS) is 28.0. The number of sulfonamides is 1. The van der Waals surface area contributed by atoms with E-state index in [1.807, 2.05) is 0 Å². The maximum absolute atomic E-state index is 13.8. The van der Waals surface area contributed by atoms with Crippen molar-refractivity contribution in [1.29, 1.82) is 0 Å². The summed E-state index contributed by atoms with van der Waals surface area (Å²) in [6.45, 7) is 1.27. The molecule has 2 saturated carbocycles. The number of hydrogen-bond acceptors (Lipinski definition) is 6. The Morgan fingerprint density at radius 1 is 1.15 bits per heavy atom. The fourth-order valence-corrected chi connectivity index (χ4v) is 6.77. The molecule has 9 nitrogen and oxygen atoms in total. The number of halogens is 1. The third-order valence-electron chi connectivity index (χ3n) is 7.11. The second kappa shape index (κ2) is 8.41. The number of ether oxygens (including phenoxy) is 2. The van der Waals surface area contributed by atoms with Gasteiger partial charge in [0.05, 0.1) is 30.2 Å². The molecule has 180 valence electrons. The molecule has 0 bridgehead atoms. The quantitative estimate of drug-likeness (QED) is 0.617. The molecule has 0 spiro atoms. The van der Waals surface area contributed by atoms with E-state index >= 15 is 0 Å².